The molecular weight excluding hydrogens is 411 g/mol. The Morgan fingerprint density at radius 1 is 1.10 bits per heavy atom. The van der Waals surface area contributed by atoms with Gasteiger partial charge >= 0.3 is 0 Å². The predicted molar refractivity (Wildman–Crippen MR) is 113 cm³/mol. The van der Waals surface area contributed by atoms with E-state index in [2.05, 4.69) is 19.6 Å². The van der Waals surface area contributed by atoms with Gasteiger partial charge in [0.1, 0.15) is 24.1 Å². The molecule has 1 heterocycles. The number of nitrogen functional groups attached to an aromatic ring is 1. The largest absolute Gasteiger partial charge is 0.451 e. The van der Waals surface area contributed by atoms with E-state index >= 15 is 0 Å². The van der Waals surface area contributed by atoms with Crippen molar-refractivity contribution in [3.63, 3.8) is 0 Å². The molecule has 30 heavy (non-hydrogen) atoms. The number of hydrogen-bond donors (Lipinski definition) is 2. The first-order valence-corrected chi connectivity index (χ1v) is 13.1. The normalized spacial score (nSPS) is 11.8. The summed E-state index contributed by atoms with van der Waals surface area (Å²) in [6.45, 7) is 7.51. The third-order valence-electron chi connectivity index (χ3n) is 4.60. The predicted octanol–water partition coefficient (Wildman–Crippen LogP) is 5.45. The van der Waals surface area contributed by atoms with Crippen LogP contribution in [-0.2, 0) is 11.5 Å². The van der Waals surface area contributed by atoms with Gasteiger partial charge in [-0.05, 0) is 30.3 Å². The molecule has 9 heteroatoms. The zero-order chi connectivity index (χ0) is 22.1. The maximum Gasteiger partial charge on any atom is 0.199 e. The van der Waals surface area contributed by atoms with Crippen LogP contribution in [0.5, 0.6) is 11.5 Å². The van der Waals surface area contributed by atoms with Crippen molar-refractivity contribution in [2.45, 2.75) is 32.4 Å². The Morgan fingerprint density at radius 3 is 2.50 bits per heavy atom. The van der Waals surface area contributed by atoms with Gasteiger partial charge in [-0.25, -0.2) is 13.2 Å². The van der Waals surface area contributed by atoms with E-state index in [1.807, 2.05) is 0 Å². The first kappa shape index (κ1) is 21.9. The monoisotopic (exact) mass is 435 g/mol. The Hall–Kier alpha value is -2.78. The van der Waals surface area contributed by atoms with Crippen molar-refractivity contribution in [1.82, 2.24) is 4.57 Å². The van der Waals surface area contributed by atoms with E-state index in [0.717, 1.165) is 18.2 Å². The van der Waals surface area contributed by atoms with E-state index in [9.17, 15) is 13.2 Å². The highest BCUT2D eigenvalue weighted by Crippen LogP contribution is 2.34. The van der Waals surface area contributed by atoms with Crippen LogP contribution in [-0.4, -0.2) is 25.1 Å². The second-order valence-electron chi connectivity index (χ2n) is 8.23. The summed E-state index contributed by atoms with van der Waals surface area (Å²) < 4.78 is 55.9. The summed E-state index contributed by atoms with van der Waals surface area (Å²) in [6, 6.07) is 7.04. The molecule has 3 rings (SSSR count). The number of rotatable bonds is 8. The molecule has 1 aromatic heterocycles. The highest BCUT2D eigenvalue weighted by atomic mass is 28.3. The lowest BCUT2D eigenvalue weighted by atomic mass is 10.2. The Labute approximate surface area is 173 Å². The van der Waals surface area contributed by atoms with Crippen molar-refractivity contribution in [2.75, 3.05) is 6.61 Å². The minimum Gasteiger partial charge on any atom is -0.451 e. The van der Waals surface area contributed by atoms with E-state index in [0.29, 0.717) is 12.1 Å². The second kappa shape index (κ2) is 8.53. The standard InChI is InChI=1S/C21H24F3N3O2Si/c1-30(2,3)9-8-28-12-27-7-6-14-18(27)11-17(23)20(19(14)24)29-13-4-5-16(22)15(10-13)21(25)26/h4-7,10-11H,8-9,12H2,1-3H3,(H3,25,26). The number of ether oxygens (including phenoxy) is 2. The van der Waals surface area contributed by atoms with E-state index in [1.165, 1.54) is 18.2 Å². The van der Waals surface area contributed by atoms with Crippen LogP contribution in [0.4, 0.5) is 13.2 Å². The van der Waals surface area contributed by atoms with Crippen molar-refractivity contribution in [1.29, 1.82) is 5.41 Å². The summed E-state index contributed by atoms with van der Waals surface area (Å²) in [5, 5.41) is 7.55. The topological polar surface area (TPSA) is 73.3 Å². The minimum absolute atomic E-state index is 0.0344. The summed E-state index contributed by atoms with van der Waals surface area (Å²) in [7, 11) is -1.23. The van der Waals surface area contributed by atoms with Crippen LogP contribution < -0.4 is 10.5 Å². The van der Waals surface area contributed by atoms with Crippen LogP contribution in [0, 0.1) is 22.9 Å². The Balaban J connectivity index is 1.84. The number of aromatic nitrogens is 1. The molecule has 0 bridgehead atoms. The number of nitrogens with two attached hydrogens (primary N) is 1. The van der Waals surface area contributed by atoms with Crippen LogP contribution in [0.25, 0.3) is 10.9 Å². The van der Waals surface area contributed by atoms with Gasteiger partial charge in [0.15, 0.2) is 17.4 Å². The molecule has 0 fully saturated rings. The molecule has 0 saturated heterocycles. The molecule has 3 aromatic rings. The molecule has 0 spiro atoms. The van der Waals surface area contributed by atoms with E-state index in [1.54, 1.807) is 10.8 Å². The van der Waals surface area contributed by atoms with Gasteiger partial charge in [-0.2, -0.15) is 0 Å². The number of nitrogens with zero attached hydrogens (tertiary/aromatic N) is 1. The van der Waals surface area contributed by atoms with Crippen LogP contribution in [0.3, 0.4) is 0 Å². The average Bonchev–Trinajstić information content (AvgIpc) is 3.05. The van der Waals surface area contributed by atoms with Crippen LogP contribution in [0.1, 0.15) is 5.56 Å². The third-order valence-corrected chi connectivity index (χ3v) is 6.30. The van der Waals surface area contributed by atoms with Gasteiger partial charge in [0.05, 0.1) is 11.1 Å². The summed E-state index contributed by atoms with van der Waals surface area (Å²) in [4.78, 5) is 0. The number of amidine groups is 1. The number of fused-ring (bicyclic) bond motifs is 1. The number of halogens is 3. The molecule has 0 saturated carbocycles. The number of hydrogen-bond acceptors (Lipinski definition) is 3. The number of benzene rings is 2. The zero-order valence-electron chi connectivity index (χ0n) is 17.1. The zero-order valence-corrected chi connectivity index (χ0v) is 18.1. The van der Waals surface area contributed by atoms with Crippen molar-refractivity contribution in [3.05, 3.63) is 59.5 Å². The molecule has 0 radical (unpaired) electrons. The quantitative estimate of drug-likeness (QED) is 0.214. The molecule has 0 aliphatic heterocycles. The van der Waals surface area contributed by atoms with Gasteiger partial charge in [0, 0.05) is 32.3 Å². The van der Waals surface area contributed by atoms with Crippen molar-refractivity contribution >= 4 is 24.8 Å². The molecule has 0 aliphatic carbocycles. The summed E-state index contributed by atoms with van der Waals surface area (Å²) >= 11 is 0. The van der Waals surface area contributed by atoms with Crippen molar-refractivity contribution in [3.8, 4) is 11.5 Å². The first-order chi connectivity index (χ1) is 14.1. The minimum atomic E-state index is -1.23. The van der Waals surface area contributed by atoms with Gasteiger partial charge in [-0.3, -0.25) is 5.41 Å². The van der Waals surface area contributed by atoms with E-state index in [4.69, 9.17) is 20.6 Å². The molecule has 3 N–H and O–H groups in total. The summed E-state index contributed by atoms with van der Waals surface area (Å²) in [5.74, 6) is -3.66. The molecule has 0 amide bonds. The second-order valence-corrected chi connectivity index (χ2v) is 13.8. The Bertz CT molecular complexity index is 1090. The molecule has 5 nitrogen and oxygen atoms in total. The Kier molecular flexibility index (Phi) is 6.23. The van der Waals surface area contributed by atoms with Gasteiger partial charge in [0.25, 0.3) is 0 Å². The fraction of sp³-hybridized carbons (Fsp3) is 0.286. The van der Waals surface area contributed by atoms with Crippen LogP contribution in [0.15, 0.2) is 36.5 Å². The van der Waals surface area contributed by atoms with Gasteiger partial charge < -0.3 is 19.8 Å². The maximum atomic E-state index is 15.0. The molecule has 0 aliphatic rings. The molecule has 0 atom stereocenters. The molecule has 0 unspecified atom stereocenters. The van der Waals surface area contributed by atoms with Crippen LogP contribution in [0.2, 0.25) is 25.7 Å². The van der Waals surface area contributed by atoms with E-state index in [-0.39, 0.29) is 23.4 Å². The summed E-state index contributed by atoms with van der Waals surface area (Å²) in [5.41, 5.74) is 5.44. The first-order valence-electron chi connectivity index (χ1n) is 9.43. The van der Waals surface area contributed by atoms with Gasteiger partial charge in [-0.1, -0.05) is 19.6 Å². The van der Waals surface area contributed by atoms with Crippen LogP contribution >= 0.6 is 0 Å². The lowest BCUT2D eigenvalue weighted by molar-refractivity contribution is 0.0902. The highest BCUT2D eigenvalue weighted by molar-refractivity contribution is 6.76. The Morgan fingerprint density at radius 2 is 1.83 bits per heavy atom. The smallest absolute Gasteiger partial charge is 0.199 e. The third kappa shape index (κ3) is 4.85. The number of nitrogens with one attached hydrogen (secondary N) is 1. The molecule has 160 valence electrons. The lowest BCUT2D eigenvalue weighted by Gasteiger charge is -2.16. The maximum absolute atomic E-state index is 15.0. The molecule has 2 aromatic carbocycles. The fourth-order valence-electron chi connectivity index (χ4n) is 2.88. The highest BCUT2D eigenvalue weighted by Gasteiger charge is 2.19. The van der Waals surface area contributed by atoms with Gasteiger partial charge in [0.2, 0.25) is 0 Å². The van der Waals surface area contributed by atoms with Crippen molar-refractivity contribution in [2.24, 2.45) is 5.73 Å². The van der Waals surface area contributed by atoms with E-state index < -0.39 is 37.1 Å². The molecular formula is C21H24F3N3O2Si. The average molecular weight is 436 g/mol. The van der Waals surface area contributed by atoms with Crippen molar-refractivity contribution < 1.29 is 22.6 Å². The SMILES string of the molecule is C[Si](C)(C)CCOCn1ccc2c(F)c(Oc3ccc(F)c(C(=N)N)c3)c(F)cc21. The summed E-state index contributed by atoms with van der Waals surface area (Å²) in [6.07, 6.45) is 1.62. The van der Waals surface area contributed by atoms with Gasteiger partial charge in [-0.15, -0.1) is 0 Å². The lowest BCUT2D eigenvalue weighted by Crippen LogP contribution is -2.21. The fourth-order valence-corrected chi connectivity index (χ4v) is 3.64.